The standard InChI is InChI=1S/C17H19N3/c1-11-5-7-15(8-6-11)14(4)20-17-16(10-18)12(2)9-13(3)19-17/h5-9,14H,1-4H3,(H,19,20). The molecule has 0 saturated heterocycles. The van der Waals surface area contributed by atoms with Crippen LogP contribution in [0.1, 0.15) is 40.9 Å². The maximum absolute atomic E-state index is 9.28. The van der Waals surface area contributed by atoms with Gasteiger partial charge >= 0.3 is 0 Å². The predicted octanol–water partition coefficient (Wildman–Crippen LogP) is 4.05. The molecule has 1 heterocycles. The molecule has 0 aliphatic heterocycles. The average molecular weight is 265 g/mol. The SMILES string of the molecule is Cc1ccc(C(C)Nc2nc(C)cc(C)c2C#N)cc1. The topological polar surface area (TPSA) is 48.7 Å². The lowest BCUT2D eigenvalue weighted by Crippen LogP contribution is -2.10. The first-order chi connectivity index (χ1) is 9.51. The molecular formula is C17H19N3. The Hall–Kier alpha value is -2.34. The molecule has 102 valence electrons. The van der Waals surface area contributed by atoms with E-state index in [0.717, 1.165) is 11.3 Å². The van der Waals surface area contributed by atoms with E-state index in [9.17, 15) is 5.26 Å². The Morgan fingerprint density at radius 3 is 2.40 bits per heavy atom. The van der Waals surface area contributed by atoms with Crippen LogP contribution in [-0.2, 0) is 0 Å². The number of hydrogen-bond acceptors (Lipinski definition) is 3. The summed E-state index contributed by atoms with van der Waals surface area (Å²) < 4.78 is 0. The molecule has 3 nitrogen and oxygen atoms in total. The summed E-state index contributed by atoms with van der Waals surface area (Å²) in [4.78, 5) is 4.45. The van der Waals surface area contributed by atoms with Crippen LogP contribution in [0.2, 0.25) is 0 Å². The third kappa shape index (κ3) is 2.97. The molecule has 0 radical (unpaired) electrons. The minimum atomic E-state index is 0.108. The van der Waals surface area contributed by atoms with E-state index in [1.54, 1.807) is 0 Å². The third-order valence-corrected chi connectivity index (χ3v) is 3.39. The van der Waals surface area contributed by atoms with Crippen molar-refractivity contribution in [2.24, 2.45) is 0 Å². The molecule has 0 bridgehead atoms. The van der Waals surface area contributed by atoms with Crippen LogP contribution in [0.5, 0.6) is 0 Å². The van der Waals surface area contributed by atoms with Gasteiger partial charge in [-0.1, -0.05) is 29.8 Å². The first kappa shape index (κ1) is 14.1. The van der Waals surface area contributed by atoms with Crippen LogP contribution < -0.4 is 5.32 Å². The van der Waals surface area contributed by atoms with E-state index < -0.39 is 0 Å². The van der Waals surface area contributed by atoms with Crippen molar-refractivity contribution in [3.63, 3.8) is 0 Å². The highest BCUT2D eigenvalue weighted by molar-refractivity contribution is 5.57. The number of anilines is 1. The molecule has 0 amide bonds. The van der Waals surface area contributed by atoms with E-state index in [-0.39, 0.29) is 6.04 Å². The lowest BCUT2D eigenvalue weighted by molar-refractivity contribution is 0.869. The fourth-order valence-corrected chi connectivity index (χ4v) is 2.23. The van der Waals surface area contributed by atoms with Crippen molar-refractivity contribution < 1.29 is 0 Å². The number of nitriles is 1. The van der Waals surface area contributed by atoms with Crippen LogP contribution in [0.25, 0.3) is 0 Å². The zero-order valence-corrected chi connectivity index (χ0v) is 12.4. The molecule has 1 aromatic carbocycles. The summed E-state index contributed by atoms with van der Waals surface area (Å²) in [5, 5.41) is 12.6. The van der Waals surface area contributed by atoms with Gasteiger partial charge in [-0.15, -0.1) is 0 Å². The van der Waals surface area contributed by atoms with Crippen molar-refractivity contribution >= 4 is 5.82 Å². The van der Waals surface area contributed by atoms with Gasteiger partial charge in [-0.2, -0.15) is 5.26 Å². The maximum Gasteiger partial charge on any atom is 0.144 e. The number of nitrogens with zero attached hydrogens (tertiary/aromatic N) is 2. The Balaban J connectivity index is 2.30. The van der Waals surface area contributed by atoms with Gasteiger partial charge in [-0.3, -0.25) is 0 Å². The van der Waals surface area contributed by atoms with Gasteiger partial charge in [-0.05, 0) is 44.9 Å². The monoisotopic (exact) mass is 265 g/mol. The normalized spacial score (nSPS) is 11.8. The zero-order valence-electron chi connectivity index (χ0n) is 12.4. The molecule has 2 rings (SSSR count). The predicted molar refractivity (Wildman–Crippen MR) is 81.6 cm³/mol. The van der Waals surface area contributed by atoms with E-state index in [1.165, 1.54) is 11.1 Å². The second kappa shape index (κ2) is 5.75. The molecule has 0 fully saturated rings. The van der Waals surface area contributed by atoms with Crippen LogP contribution in [0, 0.1) is 32.1 Å². The first-order valence-corrected chi connectivity index (χ1v) is 6.72. The third-order valence-electron chi connectivity index (χ3n) is 3.39. The van der Waals surface area contributed by atoms with Crippen molar-refractivity contribution in [3.05, 3.63) is 58.3 Å². The van der Waals surface area contributed by atoms with Gasteiger partial charge in [-0.25, -0.2) is 4.98 Å². The number of benzene rings is 1. The van der Waals surface area contributed by atoms with Gasteiger partial charge in [0.15, 0.2) is 0 Å². The number of aromatic nitrogens is 1. The molecule has 2 aromatic rings. The summed E-state index contributed by atoms with van der Waals surface area (Å²) in [6.07, 6.45) is 0. The number of aryl methyl sites for hydroxylation is 3. The minimum absolute atomic E-state index is 0.108. The lowest BCUT2D eigenvalue weighted by atomic mass is 10.1. The molecule has 0 saturated carbocycles. The van der Waals surface area contributed by atoms with E-state index >= 15 is 0 Å². The maximum atomic E-state index is 9.28. The Kier molecular flexibility index (Phi) is 4.05. The minimum Gasteiger partial charge on any atom is -0.362 e. The fraction of sp³-hybridized carbons (Fsp3) is 0.294. The van der Waals surface area contributed by atoms with Crippen molar-refractivity contribution in [1.82, 2.24) is 4.98 Å². The molecule has 1 N–H and O–H groups in total. The highest BCUT2D eigenvalue weighted by Gasteiger charge is 2.12. The van der Waals surface area contributed by atoms with Crippen LogP contribution in [0.15, 0.2) is 30.3 Å². The molecular weight excluding hydrogens is 246 g/mol. The zero-order chi connectivity index (χ0) is 14.7. The van der Waals surface area contributed by atoms with Gasteiger partial charge < -0.3 is 5.32 Å². The van der Waals surface area contributed by atoms with Crippen molar-refractivity contribution in [3.8, 4) is 6.07 Å². The van der Waals surface area contributed by atoms with E-state index in [4.69, 9.17) is 0 Å². The molecule has 0 aliphatic rings. The largest absolute Gasteiger partial charge is 0.362 e. The average Bonchev–Trinajstić information content (AvgIpc) is 2.39. The number of pyridine rings is 1. The van der Waals surface area contributed by atoms with Gasteiger partial charge in [0.25, 0.3) is 0 Å². The van der Waals surface area contributed by atoms with Crippen LogP contribution >= 0.6 is 0 Å². The summed E-state index contributed by atoms with van der Waals surface area (Å²) in [6.45, 7) is 8.02. The van der Waals surface area contributed by atoms with Gasteiger partial charge in [0.1, 0.15) is 11.9 Å². The lowest BCUT2D eigenvalue weighted by Gasteiger charge is -2.17. The summed E-state index contributed by atoms with van der Waals surface area (Å²) in [6, 6.07) is 12.7. The molecule has 20 heavy (non-hydrogen) atoms. The molecule has 1 atom stereocenters. The molecule has 1 unspecified atom stereocenters. The highest BCUT2D eigenvalue weighted by atomic mass is 15.0. The van der Waals surface area contributed by atoms with Crippen LogP contribution in [0.4, 0.5) is 5.82 Å². The summed E-state index contributed by atoms with van der Waals surface area (Å²) >= 11 is 0. The second-order valence-corrected chi connectivity index (χ2v) is 5.19. The van der Waals surface area contributed by atoms with E-state index in [2.05, 4.69) is 54.5 Å². The first-order valence-electron chi connectivity index (χ1n) is 6.72. The van der Waals surface area contributed by atoms with Crippen molar-refractivity contribution in [2.75, 3.05) is 5.32 Å². The quantitative estimate of drug-likeness (QED) is 0.910. The van der Waals surface area contributed by atoms with Gasteiger partial charge in [0.05, 0.1) is 5.56 Å². The Morgan fingerprint density at radius 1 is 1.15 bits per heavy atom. The number of hydrogen-bond donors (Lipinski definition) is 1. The van der Waals surface area contributed by atoms with Crippen molar-refractivity contribution in [1.29, 1.82) is 5.26 Å². The van der Waals surface area contributed by atoms with Crippen LogP contribution in [0.3, 0.4) is 0 Å². The smallest absolute Gasteiger partial charge is 0.144 e. The van der Waals surface area contributed by atoms with Gasteiger partial charge in [0, 0.05) is 11.7 Å². The summed E-state index contributed by atoms with van der Waals surface area (Å²) in [5.41, 5.74) is 4.91. The van der Waals surface area contributed by atoms with Crippen molar-refractivity contribution in [2.45, 2.75) is 33.7 Å². The Morgan fingerprint density at radius 2 is 1.80 bits per heavy atom. The Bertz CT molecular complexity index is 651. The molecule has 1 aromatic heterocycles. The fourth-order valence-electron chi connectivity index (χ4n) is 2.23. The second-order valence-electron chi connectivity index (χ2n) is 5.19. The summed E-state index contributed by atoms with van der Waals surface area (Å²) in [7, 11) is 0. The number of rotatable bonds is 3. The van der Waals surface area contributed by atoms with Crippen LogP contribution in [-0.4, -0.2) is 4.98 Å². The molecule has 0 aliphatic carbocycles. The molecule has 0 spiro atoms. The van der Waals surface area contributed by atoms with Gasteiger partial charge in [0.2, 0.25) is 0 Å². The summed E-state index contributed by atoms with van der Waals surface area (Å²) in [5.74, 6) is 0.665. The molecule has 3 heteroatoms. The Labute approximate surface area is 120 Å². The van der Waals surface area contributed by atoms with E-state index in [0.29, 0.717) is 11.4 Å². The highest BCUT2D eigenvalue weighted by Crippen LogP contribution is 2.23. The number of nitrogens with one attached hydrogen (secondary N) is 1. The van der Waals surface area contributed by atoms with E-state index in [1.807, 2.05) is 19.9 Å².